The second kappa shape index (κ2) is 2.70. The molecule has 3 aliphatic carbocycles. The molecule has 15 heavy (non-hydrogen) atoms. The van der Waals surface area contributed by atoms with Crippen LogP contribution in [0.3, 0.4) is 0 Å². The fourth-order valence-corrected chi connectivity index (χ4v) is 5.45. The van der Waals surface area contributed by atoms with Crippen LogP contribution in [0.4, 0.5) is 0 Å². The normalized spacial score (nSPS) is 51.9. The molecule has 0 aromatic heterocycles. The van der Waals surface area contributed by atoms with Crippen LogP contribution < -0.4 is 0 Å². The zero-order valence-electron chi connectivity index (χ0n) is 10.5. The molecule has 0 aliphatic heterocycles. The molecule has 0 aromatic carbocycles. The molecule has 2 bridgehead atoms. The molecular weight excluding hydrogens is 180 g/mol. The Labute approximate surface area is 94.1 Å². The van der Waals surface area contributed by atoms with E-state index in [9.17, 15) is 0 Å². The summed E-state index contributed by atoms with van der Waals surface area (Å²) in [6.07, 6.45) is 7.09. The van der Waals surface area contributed by atoms with Crippen molar-refractivity contribution in [3.05, 3.63) is 12.2 Å². The number of hydrogen-bond donors (Lipinski definition) is 0. The van der Waals surface area contributed by atoms with E-state index in [-0.39, 0.29) is 0 Å². The molecule has 0 heteroatoms. The SMILES string of the molecule is C=C1CCC2C13CC[C@@H](C)[C@H](C3)C2(C)C. The molecule has 0 saturated heterocycles. The van der Waals surface area contributed by atoms with Crippen LogP contribution in [0.5, 0.6) is 0 Å². The van der Waals surface area contributed by atoms with E-state index >= 15 is 0 Å². The molecule has 0 amide bonds. The molecule has 84 valence electrons. The van der Waals surface area contributed by atoms with Gasteiger partial charge in [0.25, 0.3) is 0 Å². The highest BCUT2D eigenvalue weighted by atomic mass is 14.7. The van der Waals surface area contributed by atoms with Gasteiger partial charge in [-0.2, -0.15) is 0 Å². The van der Waals surface area contributed by atoms with Crippen molar-refractivity contribution < 1.29 is 0 Å². The lowest BCUT2D eigenvalue weighted by Gasteiger charge is -2.37. The minimum Gasteiger partial charge on any atom is -0.0993 e. The predicted octanol–water partition coefficient (Wildman–Crippen LogP) is 4.42. The molecule has 0 nitrogen and oxygen atoms in total. The smallest absolute Gasteiger partial charge is 0.00542 e. The third-order valence-corrected chi connectivity index (χ3v) is 6.28. The fourth-order valence-electron chi connectivity index (χ4n) is 5.45. The van der Waals surface area contributed by atoms with E-state index in [1.807, 2.05) is 0 Å². The first-order chi connectivity index (χ1) is 6.98. The lowest BCUT2D eigenvalue weighted by atomic mass is 9.68. The van der Waals surface area contributed by atoms with Crippen molar-refractivity contribution in [2.75, 3.05) is 0 Å². The highest BCUT2D eigenvalue weighted by molar-refractivity contribution is 5.27. The third-order valence-electron chi connectivity index (χ3n) is 6.28. The van der Waals surface area contributed by atoms with Gasteiger partial charge in [-0.25, -0.2) is 0 Å². The number of allylic oxidation sites excluding steroid dienone is 1. The number of hydrogen-bond acceptors (Lipinski definition) is 0. The van der Waals surface area contributed by atoms with Gasteiger partial charge in [-0.05, 0) is 60.7 Å². The maximum absolute atomic E-state index is 4.40. The summed E-state index contributed by atoms with van der Waals surface area (Å²) in [5.74, 6) is 2.87. The molecule has 0 aromatic rings. The number of fused-ring (bicyclic) bond motifs is 1. The Hall–Kier alpha value is -0.260. The maximum atomic E-state index is 4.40. The monoisotopic (exact) mass is 204 g/mol. The van der Waals surface area contributed by atoms with E-state index in [1.54, 1.807) is 5.57 Å². The van der Waals surface area contributed by atoms with E-state index in [2.05, 4.69) is 27.4 Å². The van der Waals surface area contributed by atoms with Gasteiger partial charge in [0.15, 0.2) is 0 Å². The van der Waals surface area contributed by atoms with Crippen LogP contribution in [0.25, 0.3) is 0 Å². The molecule has 0 N–H and O–H groups in total. The molecular formula is C15H24. The van der Waals surface area contributed by atoms with Gasteiger partial charge in [-0.3, -0.25) is 0 Å². The summed E-state index contributed by atoms with van der Waals surface area (Å²) in [7, 11) is 0. The largest absolute Gasteiger partial charge is 0.0993 e. The zero-order valence-corrected chi connectivity index (χ0v) is 10.5. The van der Waals surface area contributed by atoms with Crippen molar-refractivity contribution in [3.8, 4) is 0 Å². The van der Waals surface area contributed by atoms with Crippen LogP contribution >= 0.6 is 0 Å². The summed E-state index contributed by atoms with van der Waals surface area (Å²) in [5, 5.41) is 0. The average molecular weight is 204 g/mol. The first-order valence-electron chi connectivity index (χ1n) is 6.67. The zero-order chi connectivity index (χ0) is 10.8. The van der Waals surface area contributed by atoms with Gasteiger partial charge in [-0.15, -0.1) is 0 Å². The van der Waals surface area contributed by atoms with Crippen LogP contribution in [0.2, 0.25) is 0 Å². The summed E-state index contributed by atoms with van der Waals surface area (Å²) in [4.78, 5) is 0. The summed E-state index contributed by atoms with van der Waals surface area (Å²) >= 11 is 0. The van der Waals surface area contributed by atoms with Crippen LogP contribution in [0, 0.1) is 28.6 Å². The molecule has 3 rings (SSSR count). The van der Waals surface area contributed by atoms with E-state index in [1.165, 1.54) is 32.1 Å². The van der Waals surface area contributed by atoms with Crippen LogP contribution in [0.1, 0.15) is 52.9 Å². The highest BCUT2D eigenvalue weighted by Crippen LogP contribution is 2.72. The van der Waals surface area contributed by atoms with Gasteiger partial charge in [0, 0.05) is 0 Å². The van der Waals surface area contributed by atoms with Crippen molar-refractivity contribution in [2.45, 2.75) is 52.9 Å². The Morgan fingerprint density at radius 3 is 2.73 bits per heavy atom. The second-order valence-corrected chi connectivity index (χ2v) is 7.00. The Morgan fingerprint density at radius 1 is 1.27 bits per heavy atom. The van der Waals surface area contributed by atoms with Crippen LogP contribution in [-0.4, -0.2) is 0 Å². The van der Waals surface area contributed by atoms with Gasteiger partial charge in [0.05, 0.1) is 0 Å². The maximum Gasteiger partial charge on any atom is -0.00542 e. The molecule has 0 radical (unpaired) electrons. The Kier molecular flexibility index (Phi) is 1.79. The fraction of sp³-hybridized carbons (Fsp3) is 0.867. The summed E-state index contributed by atoms with van der Waals surface area (Å²) in [5.41, 5.74) is 2.77. The van der Waals surface area contributed by atoms with E-state index in [4.69, 9.17) is 0 Å². The standard InChI is InChI=1S/C15H24/c1-10-7-8-15-9-12(10)14(3,4)13(15)6-5-11(15)2/h10,12-13H,2,5-9H2,1,3-4H3/t10-,12+,13?,15?/m1/s1. The highest BCUT2D eigenvalue weighted by Gasteiger charge is 2.63. The minimum atomic E-state index is 0.579. The van der Waals surface area contributed by atoms with Crippen molar-refractivity contribution >= 4 is 0 Å². The third kappa shape index (κ3) is 0.990. The molecule has 2 unspecified atom stereocenters. The minimum absolute atomic E-state index is 0.579. The van der Waals surface area contributed by atoms with E-state index in [0.29, 0.717) is 10.8 Å². The summed E-state index contributed by atoms with van der Waals surface area (Å²) in [6, 6.07) is 0. The van der Waals surface area contributed by atoms with Crippen molar-refractivity contribution in [2.24, 2.45) is 28.6 Å². The average Bonchev–Trinajstić information content (AvgIpc) is 2.57. The van der Waals surface area contributed by atoms with Gasteiger partial charge < -0.3 is 0 Å². The predicted molar refractivity (Wildman–Crippen MR) is 64.6 cm³/mol. The van der Waals surface area contributed by atoms with Gasteiger partial charge >= 0.3 is 0 Å². The van der Waals surface area contributed by atoms with Gasteiger partial charge in [-0.1, -0.05) is 32.9 Å². The van der Waals surface area contributed by atoms with Gasteiger partial charge in [0.1, 0.15) is 0 Å². The Bertz CT molecular complexity index is 312. The quantitative estimate of drug-likeness (QED) is 0.513. The molecule has 3 aliphatic rings. The molecule has 3 saturated carbocycles. The van der Waals surface area contributed by atoms with Crippen molar-refractivity contribution in [3.63, 3.8) is 0 Å². The molecule has 1 spiro atoms. The lowest BCUT2D eigenvalue weighted by molar-refractivity contribution is 0.140. The van der Waals surface area contributed by atoms with Gasteiger partial charge in [0.2, 0.25) is 0 Å². The Morgan fingerprint density at radius 2 is 2.00 bits per heavy atom. The van der Waals surface area contributed by atoms with Crippen molar-refractivity contribution in [1.82, 2.24) is 0 Å². The molecule has 0 heterocycles. The summed E-state index contributed by atoms with van der Waals surface area (Å²) in [6.45, 7) is 11.9. The first-order valence-corrected chi connectivity index (χ1v) is 6.67. The lowest BCUT2D eigenvalue weighted by Crippen LogP contribution is -2.28. The van der Waals surface area contributed by atoms with E-state index in [0.717, 1.165) is 17.8 Å². The van der Waals surface area contributed by atoms with Crippen molar-refractivity contribution in [1.29, 1.82) is 0 Å². The summed E-state index contributed by atoms with van der Waals surface area (Å²) < 4.78 is 0. The first kappa shape index (κ1) is 9.93. The topological polar surface area (TPSA) is 0 Å². The van der Waals surface area contributed by atoms with Crippen LogP contribution in [-0.2, 0) is 0 Å². The van der Waals surface area contributed by atoms with Crippen LogP contribution in [0.15, 0.2) is 12.2 Å². The molecule has 4 atom stereocenters. The molecule has 3 fully saturated rings. The Balaban J connectivity index is 2.08. The number of rotatable bonds is 0. The van der Waals surface area contributed by atoms with E-state index < -0.39 is 0 Å². The second-order valence-electron chi connectivity index (χ2n) is 7.00.